The number of alkyl halides is 3. The van der Waals surface area contributed by atoms with Gasteiger partial charge in [0.05, 0.1) is 5.56 Å². The van der Waals surface area contributed by atoms with E-state index >= 15 is 0 Å². The first kappa shape index (κ1) is 13.8. The van der Waals surface area contributed by atoms with Crippen molar-refractivity contribution in [2.75, 3.05) is 13.1 Å². The smallest absolute Gasteiger partial charge is 0.337 e. The van der Waals surface area contributed by atoms with E-state index in [0.29, 0.717) is 32.1 Å². The van der Waals surface area contributed by atoms with Crippen molar-refractivity contribution in [3.63, 3.8) is 0 Å². The second-order valence-electron chi connectivity index (χ2n) is 4.56. The summed E-state index contributed by atoms with van der Waals surface area (Å²) in [5.74, 6) is -0.347. The molecule has 1 aromatic heterocycles. The van der Waals surface area contributed by atoms with Gasteiger partial charge in [0, 0.05) is 25.3 Å². The molecule has 1 fully saturated rings. The molecule has 0 aromatic carbocycles. The Balaban J connectivity index is 2.08. The van der Waals surface area contributed by atoms with Crippen LogP contribution in [0.3, 0.4) is 0 Å². The second-order valence-corrected chi connectivity index (χ2v) is 4.56. The van der Waals surface area contributed by atoms with E-state index in [9.17, 15) is 18.0 Å². The molecule has 1 aliphatic heterocycles. The fourth-order valence-electron chi connectivity index (χ4n) is 1.95. The van der Waals surface area contributed by atoms with Gasteiger partial charge in [0.2, 0.25) is 0 Å². The number of rotatable bonds is 1. The normalized spacial score (nSPS) is 17.6. The molecule has 1 aliphatic rings. The summed E-state index contributed by atoms with van der Waals surface area (Å²) in [5.41, 5.74) is 4.90. The predicted octanol–water partition coefficient (Wildman–Crippen LogP) is 1.66. The largest absolute Gasteiger partial charge is 0.417 e. The minimum Gasteiger partial charge on any atom is -0.337 e. The third-order valence-corrected chi connectivity index (χ3v) is 3.14. The number of aromatic nitrogens is 1. The number of hydrogen-bond acceptors (Lipinski definition) is 3. The van der Waals surface area contributed by atoms with Crippen LogP contribution in [-0.2, 0) is 6.18 Å². The zero-order valence-corrected chi connectivity index (χ0v) is 10.2. The van der Waals surface area contributed by atoms with Crippen molar-refractivity contribution < 1.29 is 18.0 Å². The zero-order chi connectivity index (χ0) is 14.0. The lowest BCUT2D eigenvalue weighted by Gasteiger charge is -2.29. The highest BCUT2D eigenvalue weighted by atomic mass is 19.4. The summed E-state index contributed by atoms with van der Waals surface area (Å²) in [6.07, 6.45) is -2.35. The fourth-order valence-corrected chi connectivity index (χ4v) is 1.95. The Bertz CT molecular complexity index is 450. The summed E-state index contributed by atoms with van der Waals surface area (Å²) in [4.78, 5) is 17.2. The van der Waals surface area contributed by atoms with Crippen molar-refractivity contribution >= 4 is 5.91 Å². The zero-order valence-electron chi connectivity index (χ0n) is 10.2. The standard InChI is InChI=1S/C12H14F3N3O/c13-12(14,15)8-1-2-10(17-7-8)11(19)18-5-3-9(16)4-6-18/h1-2,7,9H,3-6,16H2. The highest BCUT2D eigenvalue weighted by molar-refractivity contribution is 5.92. The molecule has 2 N–H and O–H groups in total. The maximum atomic E-state index is 12.4. The second kappa shape index (κ2) is 5.16. The first-order valence-corrected chi connectivity index (χ1v) is 5.96. The van der Waals surface area contributed by atoms with Crippen molar-refractivity contribution in [3.05, 3.63) is 29.6 Å². The van der Waals surface area contributed by atoms with E-state index in [1.54, 1.807) is 4.90 Å². The van der Waals surface area contributed by atoms with Crippen LogP contribution in [0, 0.1) is 0 Å². The van der Waals surface area contributed by atoms with Gasteiger partial charge >= 0.3 is 6.18 Å². The van der Waals surface area contributed by atoms with E-state index in [1.807, 2.05) is 0 Å². The summed E-state index contributed by atoms with van der Waals surface area (Å²) < 4.78 is 37.1. The number of carbonyl (C=O) groups excluding carboxylic acids is 1. The lowest BCUT2D eigenvalue weighted by Crippen LogP contribution is -2.43. The SMILES string of the molecule is NC1CCN(C(=O)c2ccc(C(F)(F)F)cn2)CC1. The fraction of sp³-hybridized carbons (Fsp3) is 0.500. The van der Waals surface area contributed by atoms with E-state index in [4.69, 9.17) is 5.73 Å². The molecular weight excluding hydrogens is 259 g/mol. The van der Waals surface area contributed by atoms with Crippen LogP contribution >= 0.6 is 0 Å². The molecule has 1 saturated heterocycles. The van der Waals surface area contributed by atoms with Gasteiger partial charge in [-0.05, 0) is 25.0 Å². The minimum atomic E-state index is -4.44. The average Bonchev–Trinajstić information content (AvgIpc) is 2.38. The summed E-state index contributed by atoms with van der Waals surface area (Å²) in [5, 5.41) is 0. The van der Waals surface area contributed by atoms with Gasteiger partial charge < -0.3 is 10.6 Å². The molecule has 2 heterocycles. The number of likely N-dealkylation sites (tertiary alicyclic amines) is 1. The monoisotopic (exact) mass is 273 g/mol. The van der Waals surface area contributed by atoms with Crippen LogP contribution in [0.15, 0.2) is 18.3 Å². The Morgan fingerprint density at radius 2 is 1.95 bits per heavy atom. The summed E-state index contributed by atoms with van der Waals surface area (Å²) in [6.45, 7) is 1.03. The molecule has 4 nitrogen and oxygen atoms in total. The maximum absolute atomic E-state index is 12.4. The summed E-state index contributed by atoms with van der Waals surface area (Å²) in [6, 6.07) is 2.07. The quantitative estimate of drug-likeness (QED) is 0.846. The van der Waals surface area contributed by atoms with Crippen LogP contribution in [0.1, 0.15) is 28.9 Å². The lowest BCUT2D eigenvalue weighted by atomic mass is 10.1. The minimum absolute atomic E-state index is 0.0310. The van der Waals surface area contributed by atoms with E-state index in [1.165, 1.54) is 0 Å². The van der Waals surface area contributed by atoms with Gasteiger partial charge in [-0.1, -0.05) is 0 Å². The molecule has 7 heteroatoms. The first-order valence-electron chi connectivity index (χ1n) is 5.96. The van der Waals surface area contributed by atoms with Gasteiger partial charge in [-0.25, -0.2) is 0 Å². The van der Waals surface area contributed by atoms with Gasteiger partial charge in [-0.2, -0.15) is 13.2 Å². The number of amides is 1. The van der Waals surface area contributed by atoms with Gasteiger partial charge in [-0.15, -0.1) is 0 Å². The molecule has 0 bridgehead atoms. The van der Waals surface area contributed by atoms with Crippen LogP contribution in [-0.4, -0.2) is 34.9 Å². The Hall–Kier alpha value is -1.63. The van der Waals surface area contributed by atoms with Crippen molar-refractivity contribution in [2.45, 2.75) is 25.1 Å². The molecule has 0 atom stereocenters. The lowest BCUT2D eigenvalue weighted by molar-refractivity contribution is -0.137. The van der Waals surface area contributed by atoms with Crippen LogP contribution < -0.4 is 5.73 Å². The Morgan fingerprint density at radius 1 is 1.32 bits per heavy atom. The van der Waals surface area contributed by atoms with Crippen LogP contribution in [0.5, 0.6) is 0 Å². The average molecular weight is 273 g/mol. The molecule has 0 aliphatic carbocycles. The molecule has 0 radical (unpaired) electrons. The topological polar surface area (TPSA) is 59.2 Å². The predicted molar refractivity (Wildman–Crippen MR) is 62.4 cm³/mol. The third kappa shape index (κ3) is 3.23. The molecular formula is C12H14F3N3O. The number of nitrogens with two attached hydrogens (primary N) is 1. The Morgan fingerprint density at radius 3 is 2.42 bits per heavy atom. The molecule has 1 amide bonds. The first-order chi connectivity index (χ1) is 8.88. The number of hydrogen-bond donors (Lipinski definition) is 1. The number of nitrogens with zero attached hydrogens (tertiary/aromatic N) is 2. The van der Waals surface area contributed by atoms with Crippen molar-refractivity contribution in [1.82, 2.24) is 9.88 Å². The Kier molecular flexibility index (Phi) is 3.75. The van der Waals surface area contributed by atoms with Crippen molar-refractivity contribution in [2.24, 2.45) is 5.73 Å². The third-order valence-electron chi connectivity index (χ3n) is 3.14. The van der Waals surface area contributed by atoms with E-state index in [-0.39, 0.29) is 17.6 Å². The molecule has 2 rings (SSSR count). The van der Waals surface area contributed by atoms with E-state index in [2.05, 4.69) is 4.98 Å². The van der Waals surface area contributed by atoms with Crippen molar-refractivity contribution in [3.8, 4) is 0 Å². The molecule has 0 unspecified atom stereocenters. The maximum Gasteiger partial charge on any atom is 0.417 e. The van der Waals surface area contributed by atoms with Crippen LogP contribution in [0.25, 0.3) is 0 Å². The van der Waals surface area contributed by atoms with Crippen LogP contribution in [0.2, 0.25) is 0 Å². The van der Waals surface area contributed by atoms with Gasteiger partial charge in [0.25, 0.3) is 5.91 Å². The van der Waals surface area contributed by atoms with E-state index < -0.39 is 11.7 Å². The van der Waals surface area contributed by atoms with Gasteiger partial charge in [-0.3, -0.25) is 9.78 Å². The number of pyridine rings is 1. The van der Waals surface area contributed by atoms with Crippen LogP contribution in [0.4, 0.5) is 13.2 Å². The number of halogens is 3. The van der Waals surface area contributed by atoms with E-state index in [0.717, 1.165) is 12.1 Å². The molecule has 0 saturated carbocycles. The number of piperidine rings is 1. The molecule has 0 spiro atoms. The van der Waals surface area contributed by atoms with Crippen molar-refractivity contribution in [1.29, 1.82) is 0 Å². The highest BCUT2D eigenvalue weighted by Crippen LogP contribution is 2.28. The number of carbonyl (C=O) groups is 1. The molecule has 1 aromatic rings. The molecule has 104 valence electrons. The highest BCUT2D eigenvalue weighted by Gasteiger charge is 2.31. The summed E-state index contributed by atoms with van der Waals surface area (Å²) >= 11 is 0. The molecule has 19 heavy (non-hydrogen) atoms. The van der Waals surface area contributed by atoms with Gasteiger partial charge in [0.1, 0.15) is 5.69 Å². The van der Waals surface area contributed by atoms with Gasteiger partial charge in [0.15, 0.2) is 0 Å². The summed E-state index contributed by atoms with van der Waals surface area (Å²) in [7, 11) is 0. The Labute approximate surface area is 108 Å².